The van der Waals surface area contributed by atoms with Crippen LogP contribution in [0.5, 0.6) is 0 Å². The number of methoxy groups -OCH3 is 1. The smallest absolute Gasteiger partial charge is 0.334 e. The number of halogens is 1. The third kappa shape index (κ3) is 4.48. The number of benzene rings is 1. The molecule has 0 aliphatic rings. The maximum atomic E-state index is 13.6. The summed E-state index contributed by atoms with van der Waals surface area (Å²) in [6.07, 6.45) is 1.17. The summed E-state index contributed by atoms with van der Waals surface area (Å²) in [6.45, 7) is 5.49. The lowest BCUT2D eigenvalue weighted by molar-refractivity contribution is -0.151. The first kappa shape index (κ1) is 15.4. The van der Waals surface area contributed by atoms with E-state index in [2.05, 4.69) is 11.3 Å². The average Bonchev–Trinajstić information content (AvgIpc) is 2.40. The predicted molar refractivity (Wildman–Crippen MR) is 72.0 cm³/mol. The van der Waals surface area contributed by atoms with E-state index in [4.69, 9.17) is 0 Å². The Morgan fingerprint density at radius 3 is 2.84 bits per heavy atom. The van der Waals surface area contributed by atoms with Crippen LogP contribution >= 0.6 is 0 Å². The van der Waals surface area contributed by atoms with E-state index >= 15 is 0 Å². The van der Waals surface area contributed by atoms with Crippen LogP contribution in [0.15, 0.2) is 24.8 Å². The zero-order valence-electron chi connectivity index (χ0n) is 11.2. The molecule has 0 radical (unpaired) electrons. The van der Waals surface area contributed by atoms with Crippen LogP contribution in [-0.4, -0.2) is 24.3 Å². The first-order chi connectivity index (χ1) is 8.97. The van der Waals surface area contributed by atoms with Crippen molar-refractivity contribution in [2.45, 2.75) is 25.9 Å². The average molecular weight is 266 g/mol. The highest BCUT2D eigenvalue weighted by Crippen LogP contribution is 2.19. The Hall–Kier alpha value is -1.68. The molecule has 1 rings (SSSR count). The van der Waals surface area contributed by atoms with Gasteiger partial charge in [-0.2, -0.15) is 0 Å². The molecular formula is C15H19FO3. The predicted octanol–water partition coefficient (Wildman–Crippen LogP) is 2.57. The second-order valence-corrected chi connectivity index (χ2v) is 4.64. The summed E-state index contributed by atoms with van der Waals surface area (Å²) in [6, 6.07) is 4.78. The SMILES string of the molecule is C=Cc1ccc(F)c(CC(C)CC(O)C(=O)OC)c1. The van der Waals surface area contributed by atoms with Crippen molar-refractivity contribution in [1.29, 1.82) is 0 Å². The van der Waals surface area contributed by atoms with Gasteiger partial charge < -0.3 is 9.84 Å². The second kappa shape index (κ2) is 7.04. The molecule has 0 fully saturated rings. The standard InChI is InChI=1S/C15H19FO3/c1-4-11-5-6-13(16)12(9-11)7-10(2)8-14(17)15(18)19-3/h4-6,9-10,14,17H,1,7-8H2,2-3H3. The van der Waals surface area contributed by atoms with Gasteiger partial charge in [-0.05, 0) is 42.0 Å². The van der Waals surface area contributed by atoms with Crippen molar-refractivity contribution in [2.24, 2.45) is 5.92 Å². The van der Waals surface area contributed by atoms with Gasteiger partial charge in [-0.25, -0.2) is 9.18 Å². The molecule has 0 saturated heterocycles. The molecule has 0 bridgehead atoms. The molecule has 1 aromatic rings. The highest BCUT2D eigenvalue weighted by Gasteiger charge is 2.19. The van der Waals surface area contributed by atoms with Crippen LogP contribution < -0.4 is 0 Å². The maximum absolute atomic E-state index is 13.6. The Bertz CT molecular complexity index is 457. The Morgan fingerprint density at radius 2 is 2.26 bits per heavy atom. The van der Waals surface area contributed by atoms with Crippen LogP contribution in [-0.2, 0) is 16.0 Å². The first-order valence-corrected chi connectivity index (χ1v) is 6.14. The lowest BCUT2D eigenvalue weighted by Crippen LogP contribution is -2.24. The minimum Gasteiger partial charge on any atom is -0.467 e. The number of hydrogen-bond donors (Lipinski definition) is 1. The highest BCUT2D eigenvalue weighted by molar-refractivity contribution is 5.74. The molecule has 0 saturated carbocycles. The molecule has 1 aromatic carbocycles. The molecule has 0 aliphatic heterocycles. The molecule has 4 heteroatoms. The van der Waals surface area contributed by atoms with Crippen molar-refractivity contribution in [3.05, 3.63) is 41.7 Å². The topological polar surface area (TPSA) is 46.5 Å². The van der Waals surface area contributed by atoms with E-state index < -0.39 is 12.1 Å². The Kier molecular flexibility index (Phi) is 5.70. The van der Waals surface area contributed by atoms with Gasteiger partial charge in [0.1, 0.15) is 5.82 Å². The number of esters is 1. The van der Waals surface area contributed by atoms with Crippen LogP contribution in [0.2, 0.25) is 0 Å². The number of aliphatic hydroxyl groups excluding tert-OH is 1. The molecule has 0 amide bonds. The third-order valence-corrected chi connectivity index (χ3v) is 2.97. The number of ether oxygens (including phenoxy) is 1. The minimum absolute atomic E-state index is 0.0383. The number of aliphatic hydroxyl groups is 1. The number of carbonyl (C=O) groups excluding carboxylic acids is 1. The molecule has 1 N–H and O–H groups in total. The third-order valence-electron chi connectivity index (χ3n) is 2.97. The zero-order valence-corrected chi connectivity index (χ0v) is 11.2. The van der Waals surface area contributed by atoms with Crippen LogP contribution in [0, 0.1) is 11.7 Å². The minimum atomic E-state index is -1.16. The Labute approximate surface area is 112 Å². The quantitative estimate of drug-likeness (QED) is 0.805. The monoisotopic (exact) mass is 266 g/mol. The molecule has 104 valence electrons. The van der Waals surface area contributed by atoms with Crippen LogP contribution in [0.4, 0.5) is 4.39 Å². The number of hydrogen-bond acceptors (Lipinski definition) is 3. The summed E-state index contributed by atoms with van der Waals surface area (Å²) in [5.74, 6) is -0.985. The lowest BCUT2D eigenvalue weighted by atomic mass is 9.94. The fourth-order valence-corrected chi connectivity index (χ4v) is 1.95. The van der Waals surface area contributed by atoms with Gasteiger partial charge in [-0.15, -0.1) is 0 Å². The first-order valence-electron chi connectivity index (χ1n) is 6.14. The number of carbonyl (C=O) groups is 1. The fraction of sp³-hybridized carbons (Fsp3) is 0.400. The summed E-state index contributed by atoms with van der Waals surface area (Å²) in [7, 11) is 1.23. The van der Waals surface area contributed by atoms with Crippen molar-refractivity contribution in [3.8, 4) is 0 Å². The van der Waals surface area contributed by atoms with Crippen LogP contribution in [0.25, 0.3) is 6.08 Å². The van der Waals surface area contributed by atoms with Crippen molar-refractivity contribution in [2.75, 3.05) is 7.11 Å². The summed E-state index contributed by atoms with van der Waals surface area (Å²) < 4.78 is 18.1. The second-order valence-electron chi connectivity index (χ2n) is 4.64. The van der Waals surface area contributed by atoms with E-state index in [1.807, 2.05) is 6.92 Å². The van der Waals surface area contributed by atoms with Gasteiger partial charge in [0.15, 0.2) is 6.10 Å². The zero-order chi connectivity index (χ0) is 14.4. The van der Waals surface area contributed by atoms with Gasteiger partial charge in [0.2, 0.25) is 0 Å². The van der Waals surface area contributed by atoms with Crippen LogP contribution in [0.3, 0.4) is 0 Å². The van der Waals surface area contributed by atoms with E-state index in [0.29, 0.717) is 12.0 Å². The molecule has 2 unspecified atom stereocenters. The van der Waals surface area contributed by atoms with E-state index in [1.165, 1.54) is 13.2 Å². The molecule has 0 aromatic heterocycles. The van der Waals surface area contributed by atoms with Crippen molar-refractivity contribution in [1.82, 2.24) is 0 Å². The van der Waals surface area contributed by atoms with E-state index in [-0.39, 0.29) is 18.2 Å². The molecular weight excluding hydrogens is 247 g/mol. The molecule has 0 spiro atoms. The molecule has 2 atom stereocenters. The lowest BCUT2D eigenvalue weighted by Gasteiger charge is -2.15. The summed E-state index contributed by atoms with van der Waals surface area (Å²) in [5.41, 5.74) is 1.40. The van der Waals surface area contributed by atoms with Gasteiger partial charge in [-0.1, -0.05) is 25.6 Å². The van der Waals surface area contributed by atoms with Gasteiger partial charge in [0.05, 0.1) is 7.11 Å². The van der Waals surface area contributed by atoms with Gasteiger partial charge in [-0.3, -0.25) is 0 Å². The number of rotatable bonds is 6. The van der Waals surface area contributed by atoms with Crippen molar-refractivity contribution in [3.63, 3.8) is 0 Å². The molecule has 19 heavy (non-hydrogen) atoms. The van der Waals surface area contributed by atoms with Crippen LogP contribution in [0.1, 0.15) is 24.5 Å². The van der Waals surface area contributed by atoms with E-state index in [0.717, 1.165) is 5.56 Å². The summed E-state index contributed by atoms with van der Waals surface area (Å²) >= 11 is 0. The fourth-order valence-electron chi connectivity index (χ4n) is 1.95. The summed E-state index contributed by atoms with van der Waals surface area (Å²) in [5, 5.41) is 9.55. The Morgan fingerprint density at radius 1 is 1.58 bits per heavy atom. The maximum Gasteiger partial charge on any atom is 0.334 e. The van der Waals surface area contributed by atoms with E-state index in [1.54, 1.807) is 18.2 Å². The summed E-state index contributed by atoms with van der Waals surface area (Å²) in [4.78, 5) is 11.1. The molecule has 0 heterocycles. The van der Waals surface area contributed by atoms with Gasteiger partial charge in [0.25, 0.3) is 0 Å². The largest absolute Gasteiger partial charge is 0.467 e. The van der Waals surface area contributed by atoms with Crippen molar-refractivity contribution < 1.29 is 19.0 Å². The van der Waals surface area contributed by atoms with Gasteiger partial charge in [0, 0.05) is 0 Å². The molecule has 3 nitrogen and oxygen atoms in total. The van der Waals surface area contributed by atoms with E-state index in [9.17, 15) is 14.3 Å². The molecule has 0 aliphatic carbocycles. The van der Waals surface area contributed by atoms with Crippen molar-refractivity contribution >= 4 is 12.0 Å². The Balaban J connectivity index is 2.68. The normalized spacial score (nSPS) is 13.7. The van der Waals surface area contributed by atoms with Gasteiger partial charge >= 0.3 is 5.97 Å². The highest BCUT2D eigenvalue weighted by atomic mass is 19.1.